The van der Waals surface area contributed by atoms with Crippen LogP contribution in [0.1, 0.15) is 31.1 Å². The Morgan fingerprint density at radius 2 is 1.80 bits per heavy atom. The molecule has 41 heavy (non-hydrogen) atoms. The molecule has 216 valence electrons. The summed E-state index contributed by atoms with van der Waals surface area (Å²) in [5.41, 5.74) is -3.15. The first-order chi connectivity index (χ1) is 19.2. The lowest BCUT2D eigenvalue weighted by atomic mass is 9.78. The SMILES string of the molecule is CON=C1CN(c2nc3c(cc2F)c(=O)c(C(=O)O)cn3-c2ccc(F)cc2F)CC12CN(C(=O)OC(C)(C)C)C2. The Morgan fingerprint density at radius 1 is 1.10 bits per heavy atom. The summed E-state index contributed by atoms with van der Waals surface area (Å²) in [7, 11) is 1.36. The summed E-state index contributed by atoms with van der Waals surface area (Å²) in [6, 6.07) is 3.45. The number of pyridine rings is 2. The zero-order valence-corrected chi connectivity index (χ0v) is 22.6. The highest BCUT2D eigenvalue weighted by molar-refractivity contribution is 5.99. The third-order valence-electron chi connectivity index (χ3n) is 6.90. The van der Waals surface area contributed by atoms with Gasteiger partial charge in [-0.2, -0.15) is 0 Å². The molecule has 1 amide bonds. The molecule has 0 aliphatic carbocycles. The molecular weight excluding hydrogens is 547 g/mol. The van der Waals surface area contributed by atoms with Gasteiger partial charge in [0.05, 0.1) is 28.7 Å². The molecule has 0 bridgehead atoms. The molecule has 1 N–H and O–H groups in total. The number of carboxylic acid groups (broad SMARTS) is 1. The van der Waals surface area contributed by atoms with E-state index in [4.69, 9.17) is 9.57 Å². The third-order valence-corrected chi connectivity index (χ3v) is 6.90. The smallest absolute Gasteiger partial charge is 0.410 e. The lowest BCUT2D eigenvalue weighted by Gasteiger charge is -2.47. The lowest BCUT2D eigenvalue weighted by molar-refractivity contribution is -0.0102. The van der Waals surface area contributed by atoms with Crippen LogP contribution >= 0.6 is 0 Å². The first kappa shape index (κ1) is 27.9. The summed E-state index contributed by atoms with van der Waals surface area (Å²) >= 11 is 0. The minimum atomic E-state index is -1.61. The first-order valence-corrected chi connectivity index (χ1v) is 12.5. The second-order valence-electron chi connectivity index (χ2n) is 11.0. The number of carboxylic acids is 1. The Morgan fingerprint density at radius 3 is 2.41 bits per heavy atom. The fourth-order valence-corrected chi connectivity index (χ4v) is 5.12. The molecule has 2 saturated heterocycles. The van der Waals surface area contributed by atoms with Gasteiger partial charge in [0, 0.05) is 31.9 Å². The second-order valence-corrected chi connectivity index (χ2v) is 11.0. The molecule has 14 heteroatoms. The predicted molar refractivity (Wildman–Crippen MR) is 141 cm³/mol. The number of anilines is 1. The number of benzene rings is 1. The average molecular weight is 574 g/mol. The number of likely N-dealkylation sites (tertiary alicyclic amines) is 1. The van der Waals surface area contributed by atoms with Crippen LogP contribution in [0.5, 0.6) is 0 Å². The van der Waals surface area contributed by atoms with Crippen LogP contribution in [0.2, 0.25) is 0 Å². The largest absolute Gasteiger partial charge is 0.477 e. The summed E-state index contributed by atoms with van der Waals surface area (Å²) in [4.78, 5) is 49.6. The van der Waals surface area contributed by atoms with Gasteiger partial charge in [0.1, 0.15) is 29.9 Å². The quantitative estimate of drug-likeness (QED) is 0.470. The number of rotatable bonds is 4. The summed E-state index contributed by atoms with van der Waals surface area (Å²) in [5.74, 6) is -4.68. The summed E-state index contributed by atoms with van der Waals surface area (Å²) < 4.78 is 50.4. The van der Waals surface area contributed by atoms with E-state index in [9.17, 15) is 28.3 Å². The number of fused-ring (bicyclic) bond motifs is 1. The van der Waals surface area contributed by atoms with E-state index in [0.717, 1.165) is 29.0 Å². The molecule has 0 saturated carbocycles. The highest BCUT2D eigenvalue weighted by atomic mass is 19.1. The number of aromatic carboxylic acids is 1. The van der Waals surface area contributed by atoms with Crippen LogP contribution in [-0.2, 0) is 9.57 Å². The molecule has 1 spiro atoms. The van der Waals surface area contributed by atoms with Gasteiger partial charge < -0.3 is 24.5 Å². The van der Waals surface area contributed by atoms with E-state index in [0.29, 0.717) is 11.8 Å². The van der Waals surface area contributed by atoms with Gasteiger partial charge in [-0.15, -0.1) is 0 Å². The van der Waals surface area contributed by atoms with Gasteiger partial charge in [-0.1, -0.05) is 5.16 Å². The van der Waals surface area contributed by atoms with Crippen molar-refractivity contribution in [2.75, 3.05) is 38.2 Å². The molecule has 0 unspecified atom stereocenters. The van der Waals surface area contributed by atoms with Gasteiger partial charge in [0.25, 0.3) is 0 Å². The number of amides is 1. The summed E-state index contributed by atoms with van der Waals surface area (Å²) in [6.07, 6.45) is 0.360. The van der Waals surface area contributed by atoms with Crippen molar-refractivity contribution < 1.29 is 37.4 Å². The monoisotopic (exact) mass is 573 g/mol. The van der Waals surface area contributed by atoms with Gasteiger partial charge >= 0.3 is 12.1 Å². The highest BCUT2D eigenvalue weighted by Crippen LogP contribution is 2.41. The highest BCUT2D eigenvalue weighted by Gasteiger charge is 2.55. The van der Waals surface area contributed by atoms with Crippen molar-refractivity contribution in [2.24, 2.45) is 10.6 Å². The van der Waals surface area contributed by atoms with Crippen molar-refractivity contribution >= 4 is 34.6 Å². The van der Waals surface area contributed by atoms with Crippen molar-refractivity contribution in [2.45, 2.75) is 26.4 Å². The minimum Gasteiger partial charge on any atom is -0.477 e. The van der Waals surface area contributed by atoms with Crippen LogP contribution in [0.15, 0.2) is 40.4 Å². The fourth-order valence-electron chi connectivity index (χ4n) is 5.12. The molecule has 0 radical (unpaired) electrons. The molecule has 2 aliphatic heterocycles. The van der Waals surface area contributed by atoms with Gasteiger partial charge in [-0.3, -0.25) is 9.36 Å². The van der Waals surface area contributed by atoms with Crippen LogP contribution in [0.4, 0.5) is 23.8 Å². The van der Waals surface area contributed by atoms with Gasteiger partial charge in [-0.05, 0) is 39.0 Å². The number of aromatic nitrogens is 2. The Balaban J connectivity index is 1.58. The van der Waals surface area contributed by atoms with Crippen molar-refractivity contribution in [3.63, 3.8) is 0 Å². The average Bonchev–Trinajstić information content (AvgIpc) is 3.22. The topological polar surface area (TPSA) is 127 Å². The fraction of sp³-hybridized carbons (Fsp3) is 0.370. The zero-order chi connectivity index (χ0) is 29.9. The van der Waals surface area contributed by atoms with E-state index in [1.807, 2.05) is 0 Å². The number of halogens is 3. The van der Waals surface area contributed by atoms with E-state index >= 15 is 4.39 Å². The Kier molecular flexibility index (Phi) is 6.66. The Bertz CT molecular complexity index is 1680. The molecule has 0 atom stereocenters. The minimum absolute atomic E-state index is 0.0633. The van der Waals surface area contributed by atoms with Gasteiger partial charge in [-0.25, -0.2) is 27.7 Å². The van der Waals surface area contributed by atoms with Gasteiger partial charge in [0.2, 0.25) is 5.43 Å². The molecule has 5 rings (SSSR count). The van der Waals surface area contributed by atoms with Crippen LogP contribution in [0.3, 0.4) is 0 Å². The molecular formula is C27H26F3N5O6. The number of hydrogen-bond donors (Lipinski definition) is 1. The molecule has 11 nitrogen and oxygen atoms in total. The van der Waals surface area contributed by atoms with Crippen LogP contribution in [0.25, 0.3) is 16.7 Å². The van der Waals surface area contributed by atoms with E-state index < -0.39 is 56.9 Å². The maximum Gasteiger partial charge on any atom is 0.410 e. The number of oxime groups is 1. The molecule has 2 fully saturated rings. The van der Waals surface area contributed by atoms with Crippen molar-refractivity contribution in [3.8, 4) is 5.69 Å². The molecule has 2 aliphatic rings. The van der Waals surface area contributed by atoms with Crippen LogP contribution < -0.4 is 10.3 Å². The van der Waals surface area contributed by atoms with E-state index in [2.05, 4.69) is 10.1 Å². The second kappa shape index (κ2) is 9.78. The number of nitrogens with zero attached hydrogens (tertiary/aromatic N) is 5. The molecule has 1 aromatic carbocycles. The third kappa shape index (κ3) is 4.93. The maximum atomic E-state index is 15.5. The molecule has 2 aromatic heterocycles. The first-order valence-electron chi connectivity index (χ1n) is 12.5. The van der Waals surface area contributed by atoms with Crippen molar-refractivity contribution in [1.82, 2.24) is 14.5 Å². The van der Waals surface area contributed by atoms with E-state index in [1.165, 1.54) is 12.0 Å². The standard InChI is InChI=1S/C27H26F3N5O6/c1-26(2,3)41-25(39)34-12-27(13-34)11-33(10-20(27)32-40-4)23-18(30)8-15-21(36)16(24(37)38)9-35(22(15)31-23)19-6-5-14(28)7-17(19)29/h5-9H,10-13H2,1-4H3,(H,37,38). The lowest BCUT2D eigenvalue weighted by Crippen LogP contribution is -2.63. The number of ether oxygens (including phenoxy) is 1. The Hall–Kier alpha value is -4.62. The summed E-state index contributed by atoms with van der Waals surface area (Å²) in [6.45, 7) is 5.94. The van der Waals surface area contributed by atoms with E-state index in [-0.39, 0.29) is 43.3 Å². The molecule has 3 aromatic rings. The number of hydrogen-bond acceptors (Lipinski definition) is 8. The van der Waals surface area contributed by atoms with E-state index in [1.54, 1.807) is 25.7 Å². The number of carbonyl (C=O) groups is 2. The van der Waals surface area contributed by atoms with Gasteiger partial charge in [0.15, 0.2) is 17.3 Å². The zero-order valence-electron chi connectivity index (χ0n) is 22.6. The number of carbonyl (C=O) groups excluding carboxylic acids is 1. The van der Waals surface area contributed by atoms with Crippen LogP contribution in [0, 0.1) is 22.9 Å². The molecule has 4 heterocycles. The van der Waals surface area contributed by atoms with Crippen LogP contribution in [-0.4, -0.2) is 76.2 Å². The van der Waals surface area contributed by atoms with Crippen molar-refractivity contribution in [3.05, 3.63) is 63.7 Å². The predicted octanol–water partition coefficient (Wildman–Crippen LogP) is 3.56. The summed E-state index contributed by atoms with van der Waals surface area (Å²) in [5, 5.41) is 13.2. The Labute approximate surface area is 231 Å². The van der Waals surface area contributed by atoms with Crippen molar-refractivity contribution in [1.29, 1.82) is 0 Å². The maximum absolute atomic E-state index is 15.5. The normalized spacial score (nSPS) is 17.3.